The van der Waals surface area contributed by atoms with Gasteiger partial charge in [-0.1, -0.05) is 0 Å². The van der Waals surface area contributed by atoms with E-state index in [4.69, 9.17) is 4.74 Å². The minimum atomic E-state index is 0.478. The highest BCUT2D eigenvalue weighted by molar-refractivity contribution is 9.10. The number of ether oxygens (including phenoxy) is 1. The molecular weight excluding hydrogens is 222 g/mol. The highest BCUT2D eigenvalue weighted by Crippen LogP contribution is 2.15. The fourth-order valence-electron chi connectivity index (χ4n) is 0.901. The van der Waals surface area contributed by atoms with E-state index in [1.54, 1.807) is 19.1 Å². The van der Waals surface area contributed by atoms with E-state index in [0.29, 0.717) is 22.7 Å². The van der Waals surface area contributed by atoms with E-state index in [1.807, 2.05) is 6.92 Å². The van der Waals surface area contributed by atoms with E-state index >= 15 is 0 Å². The van der Waals surface area contributed by atoms with Gasteiger partial charge < -0.3 is 9.94 Å². The third kappa shape index (κ3) is 1.88. The van der Waals surface area contributed by atoms with Gasteiger partial charge >= 0.3 is 0 Å². The van der Waals surface area contributed by atoms with Crippen LogP contribution in [0.2, 0.25) is 0 Å². The van der Waals surface area contributed by atoms with Gasteiger partial charge in [0.2, 0.25) is 0 Å². The number of nitrogens with zero attached hydrogens (tertiary/aromatic N) is 1. The van der Waals surface area contributed by atoms with Crippen molar-refractivity contribution in [3.8, 4) is 5.75 Å². The van der Waals surface area contributed by atoms with Gasteiger partial charge in [-0.05, 0) is 6.92 Å². The van der Waals surface area contributed by atoms with Gasteiger partial charge in [0.1, 0.15) is 5.75 Å². The maximum absolute atomic E-state index is 11.1. The molecule has 1 heterocycles. The highest BCUT2D eigenvalue weighted by Gasteiger charge is 2.07. The Morgan fingerprint density at radius 1 is 1.58 bits per heavy atom. The molecule has 0 aliphatic heterocycles. The normalized spacial score (nSPS) is 9.92. The zero-order chi connectivity index (χ0) is 9.14. The molecule has 0 saturated heterocycles. The fraction of sp³-hybridized carbons (Fsp3) is 0.375. The number of rotatable bonds is 2. The lowest BCUT2D eigenvalue weighted by Crippen LogP contribution is -2.31. The van der Waals surface area contributed by atoms with Crippen molar-refractivity contribution >= 4 is 15.9 Å². The first-order valence-corrected chi connectivity index (χ1v) is 4.47. The van der Waals surface area contributed by atoms with E-state index in [-0.39, 0.29) is 0 Å². The molecule has 1 rings (SSSR count). The Kier molecular flexibility index (Phi) is 2.92. The quantitative estimate of drug-likeness (QED) is 0.442. The van der Waals surface area contributed by atoms with Crippen LogP contribution in [-0.4, -0.2) is 6.61 Å². The molecule has 1 aromatic heterocycles. The standard InChI is InChI=1S/C8H10BrNO2/c1-3-12-7-4-6(2)10(11)8(9)5-7/h4-5H,3H2,1-2H3. The number of halogens is 1. The summed E-state index contributed by atoms with van der Waals surface area (Å²) in [4.78, 5) is 0. The SMILES string of the molecule is CCOc1cc(C)[n+]([O-])c(Br)c1. The van der Waals surface area contributed by atoms with E-state index in [0.717, 1.165) is 4.73 Å². The average molecular weight is 232 g/mol. The lowest BCUT2D eigenvalue weighted by atomic mass is 10.3. The summed E-state index contributed by atoms with van der Waals surface area (Å²) >= 11 is 3.14. The third-order valence-corrected chi connectivity index (χ3v) is 1.99. The van der Waals surface area contributed by atoms with Crippen molar-refractivity contribution in [2.75, 3.05) is 6.61 Å². The Hall–Kier alpha value is -0.770. The first-order valence-electron chi connectivity index (χ1n) is 3.67. The lowest BCUT2D eigenvalue weighted by molar-refractivity contribution is -0.624. The van der Waals surface area contributed by atoms with Crippen molar-refractivity contribution in [2.24, 2.45) is 0 Å². The summed E-state index contributed by atoms with van der Waals surface area (Å²) in [5.41, 5.74) is 0.618. The Labute approximate surface area is 79.7 Å². The minimum absolute atomic E-state index is 0.478. The minimum Gasteiger partial charge on any atom is -0.618 e. The molecule has 0 amide bonds. The summed E-state index contributed by atoms with van der Waals surface area (Å²) in [7, 11) is 0. The average Bonchev–Trinajstić information content (AvgIpc) is 2.01. The number of aryl methyl sites for hydroxylation is 1. The van der Waals surface area contributed by atoms with Gasteiger partial charge in [0, 0.05) is 28.9 Å². The van der Waals surface area contributed by atoms with Gasteiger partial charge in [0.05, 0.1) is 12.7 Å². The van der Waals surface area contributed by atoms with Crippen LogP contribution >= 0.6 is 15.9 Å². The molecule has 12 heavy (non-hydrogen) atoms. The van der Waals surface area contributed by atoms with Crippen LogP contribution in [0.1, 0.15) is 12.6 Å². The second-order valence-corrected chi connectivity index (χ2v) is 3.20. The van der Waals surface area contributed by atoms with Gasteiger partial charge in [-0.15, -0.1) is 0 Å². The molecule has 4 heteroatoms. The summed E-state index contributed by atoms with van der Waals surface area (Å²) < 4.78 is 6.53. The second kappa shape index (κ2) is 3.76. The number of hydrogen-bond donors (Lipinski definition) is 0. The zero-order valence-corrected chi connectivity index (χ0v) is 8.59. The molecular formula is C8H10BrNO2. The Morgan fingerprint density at radius 3 is 2.75 bits per heavy atom. The molecule has 0 bridgehead atoms. The van der Waals surface area contributed by atoms with Crippen LogP contribution in [0.15, 0.2) is 16.7 Å². The molecule has 0 aliphatic carbocycles. The van der Waals surface area contributed by atoms with Crippen LogP contribution in [0.25, 0.3) is 0 Å². The van der Waals surface area contributed by atoms with Crippen molar-refractivity contribution in [3.63, 3.8) is 0 Å². The van der Waals surface area contributed by atoms with E-state index in [1.165, 1.54) is 0 Å². The van der Waals surface area contributed by atoms with Crippen LogP contribution in [0.4, 0.5) is 0 Å². The molecule has 1 aromatic rings. The van der Waals surface area contributed by atoms with E-state index in [9.17, 15) is 5.21 Å². The summed E-state index contributed by atoms with van der Waals surface area (Å²) in [6, 6.07) is 3.37. The molecule has 0 saturated carbocycles. The largest absolute Gasteiger partial charge is 0.618 e. The van der Waals surface area contributed by atoms with Gasteiger partial charge in [-0.25, -0.2) is 0 Å². The number of aromatic nitrogens is 1. The lowest BCUT2D eigenvalue weighted by Gasteiger charge is -2.06. The molecule has 0 fully saturated rings. The monoisotopic (exact) mass is 231 g/mol. The summed E-state index contributed by atoms with van der Waals surface area (Å²) in [5, 5.41) is 11.1. The van der Waals surface area contributed by atoms with Crippen molar-refractivity contribution < 1.29 is 9.47 Å². The third-order valence-electron chi connectivity index (χ3n) is 1.44. The molecule has 0 aliphatic rings. The van der Waals surface area contributed by atoms with Crippen molar-refractivity contribution in [3.05, 3.63) is 27.6 Å². The first-order chi connectivity index (χ1) is 5.65. The fourth-order valence-corrected chi connectivity index (χ4v) is 1.41. The maximum atomic E-state index is 11.1. The maximum Gasteiger partial charge on any atom is 0.263 e. The predicted molar refractivity (Wildman–Crippen MR) is 49.0 cm³/mol. The number of hydrogen-bond acceptors (Lipinski definition) is 2. The Morgan fingerprint density at radius 2 is 2.25 bits per heavy atom. The predicted octanol–water partition coefficient (Wildman–Crippen LogP) is 1.79. The van der Waals surface area contributed by atoms with Gasteiger partial charge in [-0.2, -0.15) is 4.73 Å². The zero-order valence-electron chi connectivity index (χ0n) is 7.00. The van der Waals surface area contributed by atoms with Crippen LogP contribution in [0.5, 0.6) is 5.75 Å². The van der Waals surface area contributed by atoms with Gasteiger partial charge in [0.25, 0.3) is 4.60 Å². The smallest absolute Gasteiger partial charge is 0.263 e. The second-order valence-electron chi connectivity index (χ2n) is 2.38. The van der Waals surface area contributed by atoms with Crippen molar-refractivity contribution in [1.29, 1.82) is 0 Å². The van der Waals surface area contributed by atoms with Crippen LogP contribution < -0.4 is 9.47 Å². The molecule has 0 atom stereocenters. The number of pyridine rings is 1. The van der Waals surface area contributed by atoms with Crippen LogP contribution in [0, 0.1) is 12.1 Å². The summed E-state index contributed by atoms with van der Waals surface area (Å²) in [6.07, 6.45) is 0. The molecule has 0 unspecified atom stereocenters. The molecule has 0 aromatic carbocycles. The molecule has 0 spiro atoms. The molecule has 0 N–H and O–H groups in total. The van der Waals surface area contributed by atoms with E-state index in [2.05, 4.69) is 15.9 Å². The van der Waals surface area contributed by atoms with Crippen molar-refractivity contribution in [2.45, 2.75) is 13.8 Å². The molecule has 3 nitrogen and oxygen atoms in total. The summed E-state index contributed by atoms with van der Waals surface area (Å²) in [5.74, 6) is 0.717. The molecule has 66 valence electrons. The first kappa shape index (κ1) is 9.32. The van der Waals surface area contributed by atoms with Crippen LogP contribution in [0.3, 0.4) is 0 Å². The van der Waals surface area contributed by atoms with E-state index < -0.39 is 0 Å². The Balaban J connectivity index is 3.04. The molecule has 0 radical (unpaired) electrons. The Bertz CT molecular complexity index is 265. The van der Waals surface area contributed by atoms with Gasteiger partial charge in [-0.3, -0.25) is 0 Å². The van der Waals surface area contributed by atoms with Crippen molar-refractivity contribution in [1.82, 2.24) is 0 Å². The topological polar surface area (TPSA) is 36.2 Å². The van der Waals surface area contributed by atoms with Gasteiger partial charge in [0.15, 0.2) is 5.69 Å². The highest BCUT2D eigenvalue weighted by atomic mass is 79.9. The summed E-state index contributed by atoms with van der Waals surface area (Å²) in [6.45, 7) is 4.25. The van der Waals surface area contributed by atoms with Crippen LogP contribution in [-0.2, 0) is 0 Å².